The molecule has 0 bridgehead atoms. The molecule has 3 heteroatoms. The van der Waals surface area contributed by atoms with Crippen LogP contribution in [-0.4, -0.2) is 29.9 Å². The van der Waals surface area contributed by atoms with Crippen molar-refractivity contribution in [2.45, 2.75) is 71.8 Å². The van der Waals surface area contributed by atoms with E-state index in [4.69, 9.17) is 5.73 Å². The molecule has 2 N–H and O–H groups in total. The van der Waals surface area contributed by atoms with E-state index in [1.54, 1.807) is 0 Å². The van der Waals surface area contributed by atoms with E-state index >= 15 is 0 Å². The van der Waals surface area contributed by atoms with Gasteiger partial charge in [0.05, 0.1) is 5.41 Å². The standard InChI is InChI=1S/C15H30N2O/c1-4-15(5-2,12-16)14(18)17(6-3)13-10-8-7-9-11-13/h13H,4-12,16H2,1-3H3. The number of nitrogens with zero attached hydrogens (tertiary/aromatic N) is 1. The zero-order chi connectivity index (χ0) is 13.6. The van der Waals surface area contributed by atoms with Crippen molar-refractivity contribution in [3.05, 3.63) is 0 Å². The monoisotopic (exact) mass is 254 g/mol. The predicted octanol–water partition coefficient (Wildman–Crippen LogP) is 2.93. The van der Waals surface area contributed by atoms with Crippen LogP contribution in [0.25, 0.3) is 0 Å². The van der Waals surface area contributed by atoms with Gasteiger partial charge in [0.25, 0.3) is 0 Å². The van der Waals surface area contributed by atoms with Gasteiger partial charge >= 0.3 is 0 Å². The summed E-state index contributed by atoms with van der Waals surface area (Å²) in [6.07, 6.45) is 7.90. The third-order valence-corrected chi connectivity index (χ3v) is 4.81. The number of carbonyl (C=O) groups is 1. The molecule has 0 radical (unpaired) electrons. The molecule has 106 valence electrons. The lowest BCUT2D eigenvalue weighted by Crippen LogP contribution is -2.51. The Morgan fingerprint density at radius 1 is 1.17 bits per heavy atom. The first-order chi connectivity index (χ1) is 8.65. The van der Waals surface area contributed by atoms with Crippen molar-refractivity contribution in [3.63, 3.8) is 0 Å². The van der Waals surface area contributed by atoms with E-state index in [0.717, 1.165) is 19.4 Å². The van der Waals surface area contributed by atoms with Crippen LogP contribution in [0.1, 0.15) is 65.7 Å². The van der Waals surface area contributed by atoms with Crippen LogP contribution in [0.4, 0.5) is 0 Å². The molecule has 0 aromatic rings. The number of nitrogens with two attached hydrogens (primary N) is 1. The average Bonchev–Trinajstić information content (AvgIpc) is 2.43. The van der Waals surface area contributed by atoms with Crippen molar-refractivity contribution in [1.29, 1.82) is 0 Å². The zero-order valence-electron chi connectivity index (χ0n) is 12.4. The topological polar surface area (TPSA) is 46.3 Å². The second-order valence-electron chi connectivity index (χ2n) is 5.57. The summed E-state index contributed by atoms with van der Waals surface area (Å²) in [6.45, 7) is 7.57. The van der Waals surface area contributed by atoms with Crippen LogP contribution in [0.3, 0.4) is 0 Å². The highest BCUT2D eigenvalue weighted by Gasteiger charge is 2.38. The van der Waals surface area contributed by atoms with Gasteiger partial charge in [0.2, 0.25) is 5.91 Å². The lowest BCUT2D eigenvalue weighted by atomic mass is 9.80. The molecule has 1 aliphatic carbocycles. The zero-order valence-corrected chi connectivity index (χ0v) is 12.4. The molecule has 0 unspecified atom stereocenters. The highest BCUT2D eigenvalue weighted by molar-refractivity contribution is 5.83. The van der Waals surface area contributed by atoms with Crippen LogP contribution < -0.4 is 5.73 Å². The van der Waals surface area contributed by atoms with Crippen molar-refractivity contribution in [3.8, 4) is 0 Å². The van der Waals surface area contributed by atoms with E-state index in [0.29, 0.717) is 18.5 Å². The van der Waals surface area contributed by atoms with Gasteiger partial charge < -0.3 is 10.6 Å². The van der Waals surface area contributed by atoms with E-state index in [9.17, 15) is 4.79 Å². The van der Waals surface area contributed by atoms with Gasteiger partial charge in [-0.2, -0.15) is 0 Å². The molecular weight excluding hydrogens is 224 g/mol. The Morgan fingerprint density at radius 3 is 2.11 bits per heavy atom. The number of hydrogen-bond acceptors (Lipinski definition) is 2. The maximum Gasteiger partial charge on any atom is 0.230 e. The molecule has 0 aromatic heterocycles. The fourth-order valence-electron chi connectivity index (χ4n) is 3.19. The van der Waals surface area contributed by atoms with Gasteiger partial charge in [-0.1, -0.05) is 33.1 Å². The third kappa shape index (κ3) is 3.05. The molecule has 1 aliphatic rings. The molecular formula is C15H30N2O. The molecule has 0 aliphatic heterocycles. The van der Waals surface area contributed by atoms with Crippen LogP contribution in [0.5, 0.6) is 0 Å². The van der Waals surface area contributed by atoms with Crippen molar-refractivity contribution in [2.75, 3.05) is 13.1 Å². The van der Waals surface area contributed by atoms with Crippen LogP contribution in [0.2, 0.25) is 0 Å². The Kier molecular flexibility index (Phi) is 6.13. The van der Waals surface area contributed by atoms with Crippen LogP contribution >= 0.6 is 0 Å². The van der Waals surface area contributed by atoms with Gasteiger partial charge in [-0.15, -0.1) is 0 Å². The Bertz CT molecular complexity index is 247. The van der Waals surface area contributed by atoms with Crippen molar-refractivity contribution < 1.29 is 4.79 Å². The molecule has 1 rings (SSSR count). The van der Waals surface area contributed by atoms with Crippen molar-refractivity contribution >= 4 is 5.91 Å². The highest BCUT2D eigenvalue weighted by Crippen LogP contribution is 2.31. The molecule has 0 heterocycles. The van der Waals surface area contributed by atoms with Crippen LogP contribution in [-0.2, 0) is 4.79 Å². The first-order valence-corrected chi connectivity index (χ1v) is 7.66. The fraction of sp³-hybridized carbons (Fsp3) is 0.933. The molecule has 1 fully saturated rings. The molecule has 1 amide bonds. The lowest BCUT2D eigenvalue weighted by Gasteiger charge is -2.40. The first-order valence-electron chi connectivity index (χ1n) is 7.66. The van der Waals surface area contributed by atoms with Gasteiger partial charge in [-0.3, -0.25) is 4.79 Å². The van der Waals surface area contributed by atoms with Crippen molar-refractivity contribution in [1.82, 2.24) is 4.90 Å². The normalized spacial score (nSPS) is 17.8. The number of amides is 1. The van der Waals surface area contributed by atoms with Crippen molar-refractivity contribution in [2.24, 2.45) is 11.1 Å². The summed E-state index contributed by atoms with van der Waals surface area (Å²) in [7, 11) is 0. The Morgan fingerprint density at radius 2 is 1.72 bits per heavy atom. The van der Waals surface area contributed by atoms with Gasteiger partial charge in [-0.05, 0) is 32.6 Å². The number of hydrogen-bond donors (Lipinski definition) is 1. The van der Waals surface area contributed by atoms with E-state index in [1.807, 2.05) is 0 Å². The van der Waals surface area contributed by atoms with Gasteiger partial charge in [0.1, 0.15) is 0 Å². The number of rotatable bonds is 6. The summed E-state index contributed by atoms with van der Waals surface area (Å²) in [4.78, 5) is 14.9. The Hall–Kier alpha value is -0.570. The van der Waals surface area contributed by atoms with Crippen LogP contribution in [0.15, 0.2) is 0 Å². The first kappa shape index (κ1) is 15.5. The smallest absolute Gasteiger partial charge is 0.230 e. The minimum absolute atomic E-state index is 0.296. The largest absolute Gasteiger partial charge is 0.339 e. The Balaban J connectivity index is 2.82. The minimum Gasteiger partial charge on any atom is -0.339 e. The quantitative estimate of drug-likeness (QED) is 0.792. The van der Waals surface area contributed by atoms with E-state index in [-0.39, 0.29) is 5.41 Å². The average molecular weight is 254 g/mol. The molecule has 1 saturated carbocycles. The highest BCUT2D eigenvalue weighted by atomic mass is 16.2. The predicted molar refractivity (Wildman–Crippen MR) is 76.3 cm³/mol. The Labute approximate surface area is 112 Å². The summed E-state index contributed by atoms with van der Waals surface area (Å²) in [5.74, 6) is 0.296. The maximum absolute atomic E-state index is 12.8. The maximum atomic E-state index is 12.8. The number of carbonyl (C=O) groups excluding carboxylic acids is 1. The van der Waals surface area contributed by atoms with E-state index in [1.165, 1.54) is 32.1 Å². The van der Waals surface area contributed by atoms with Gasteiger partial charge in [0.15, 0.2) is 0 Å². The minimum atomic E-state index is -0.326. The van der Waals surface area contributed by atoms with E-state index in [2.05, 4.69) is 25.7 Å². The second kappa shape index (κ2) is 7.13. The van der Waals surface area contributed by atoms with Gasteiger partial charge in [-0.25, -0.2) is 0 Å². The molecule has 0 saturated heterocycles. The molecule has 0 atom stereocenters. The van der Waals surface area contributed by atoms with E-state index < -0.39 is 0 Å². The van der Waals surface area contributed by atoms with Gasteiger partial charge in [0, 0.05) is 19.1 Å². The molecule has 0 spiro atoms. The summed E-state index contributed by atoms with van der Waals surface area (Å²) in [6, 6.07) is 0.459. The SMILES string of the molecule is CCN(C(=O)C(CC)(CC)CN)C1CCCCC1. The second-order valence-corrected chi connectivity index (χ2v) is 5.57. The third-order valence-electron chi connectivity index (χ3n) is 4.81. The fourth-order valence-corrected chi connectivity index (χ4v) is 3.19. The summed E-state index contributed by atoms with van der Waals surface area (Å²) in [5, 5.41) is 0. The molecule has 0 aromatic carbocycles. The summed E-state index contributed by atoms with van der Waals surface area (Å²) >= 11 is 0. The molecule has 3 nitrogen and oxygen atoms in total. The summed E-state index contributed by atoms with van der Waals surface area (Å²) in [5.41, 5.74) is 5.58. The summed E-state index contributed by atoms with van der Waals surface area (Å²) < 4.78 is 0. The molecule has 18 heavy (non-hydrogen) atoms. The lowest BCUT2D eigenvalue weighted by molar-refractivity contribution is -0.145. The van der Waals surface area contributed by atoms with Crippen LogP contribution in [0, 0.1) is 5.41 Å².